The van der Waals surface area contributed by atoms with E-state index in [2.05, 4.69) is 21.3 Å². The number of anilines is 1. The van der Waals surface area contributed by atoms with Crippen LogP contribution >= 0.6 is 11.6 Å². The van der Waals surface area contributed by atoms with Gasteiger partial charge in [0, 0.05) is 48.3 Å². The van der Waals surface area contributed by atoms with Crippen LogP contribution in [-0.4, -0.2) is 22.3 Å². The van der Waals surface area contributed by atoms with E-state index in [9.17, 15) is 4.79 Å². The van der Waals surface area contributed by atoms with Crippen molar-refractivity contribution in [2.75, 3.05) is 11.9 Å². The van der Waals surface area contributed by atoms with Crippen molar-refractivity contribution in [1.82, 2.24) is 9.88 Å². The third-order valence-electron chi connectivity index (χ3n) is 4.85. The van der Waals surface area contributed by atoms with Gasteiger partial charge < -0.3 is 5.32 Å². The molecule has 0 atom stereocenters. The first-order valence-corrected chi connectivity index (χ1v) is 9.36. The van der Waals surface area contributed by atoms with Crippen molar-refractivity contribution >= 4 is 23.2 Å². The summed E-state index contributed by atoms with van der Waals surface area (Å²) in [5.74, 6) is -0.0724. The topological polar surface area (TPSA) is 45.2 Å². The van der Waals surface area contributed by atoms with E-state index in [-0.39, 0.29) is 5.91 Å². The minimum atomic E-state index is -0.0724. The lowest BCUT2D eigenvalue weighted by Crippen LogP contribution is -2.31. The molecular formula is C22H20ClN3O. The second kappa shape index (κ2) is 7.91. The van der Waals surface area contributed by atoms with Gasteiger partial charge in [-0.15, -0.1) is 0 Å². The quantitative estimate of drug-likeness (QED) is 0.725. The van der Waals surface area contributed by atoms with Gasteiger partial charge in [-0.05, 0) is 65.6 Å². The molecule has 0 saturated heterocycles. The number of pyridine rings is 1. The van der Waals surface area contributed by atoms with E-state index in [1.54, 1.807) is 12.1 Å². The summed E-state index contributed by atoms with van der Waals surface area (Å²) in [4.78, 5) is 19.3. The lowest BCUT2D eigenvalue weighted by Gasteiger charge is -2.30. The number of nitrogens with zero attached hydrogens (tertiary/aromatic N) is 2. The number of carbonyl (C=O) groups excluding carboxylic acids is 1. The second-order valence-electron chi connectivity index (χ2n) is 6.72. The van der Waals surface area contributed by atoms with Crippen LogP contribution < -0.4 is 5.32 Å². The van der Waals surface area contributed by atoms with Gasteiger partial charge >= 0.3 is 0 Å². The third-order valence-corrected chi connectivity index (χ3v) is 5.10. The molecule has 0 saturated carbocycles. The molecule has 5 heteroatoms. The Morgan fingerprint density at radius 2 is 1.85 bits per heavy atom. The highest BCUT2D eigenvalue weighted by Gasteiger charge is 2.21. The maximum absolute atomic E-state index is 12.8. The van der Waals surface area contributed by atoms with E-state index >= 15 is 0 Å². The number of aromatic nitrogens is 1. The van der Waals surface area contributed by atoms with Crippen molar-refractivity contribution in [2.45, 2.75) is 19.5 Å². The zero-order valence-electron chi connectivity index (χ0n) is 14.9. The molecule has 0 radical (unpaired) electrons. The highest BCUT2D eigenvalue weighted by molar-refractivity contribution is 6.30. The van der Waals surface area contributed by atoms with Crippen molar-refractivity contribution in [1.29, 1.82) is 0 Å². The molecule has 136 valence electrons. The van der Waals surface area contributed by atoms with Crippen LogP contribution in [-0.2, 0) is 19.5 Å². The van der Waals surface area contributed by atoms with Crippen LogP contribution in [0.2, 0.25) is 5.02 Å². The van der Waals surface area contributed by atoms with Gasteiger partial charge in [0.1, 0.15) is 0 Å². The SMILES string of the molecule is O=C(Nc1ccc(Cl)cc1)c1cccc2c1CCN(Cc1ccncc1)C2. The van der Waals surface area contributed by atoms with Crippen LogP contribution in [0, 0.1) is 0 Å². The molecule has 0 bridgehead atoms. The highest BCUT2D eigenvalue weighted by atomic mass is 35.5. The summed E-state index contributed by atoms with van der Waals surface area (Å²) in [6, 6.07) is 17.2. The van der Waals surface area contributed by atoms with Gasteiger partial charge in [-0.1, -0.05) is 23.7 Å². The van der Waals surface area contributed by atoms with Gasteiger partial charge in [-0.25, -0.2) is 0 Å². The number of hydrogen-bond acceptors (Lipinski definition) is 3. The molecule has 4 rings (SSSR count). The predicted molar refractivity (Wildman–Crippen MR) is 108 cm³/mol. The van der Waals surface area contributed by atoms with E-state index in [1.807, 2.05) is 48.8 Å². The number of amides is 1. The zero-order chi connectivity index (χ0) is 18.6. The average Bonchev–Trinajstić information content (AvgIpc) is 2.70. The number of rotatable bonds is 4. The number of nitrogens with one attached hydrogen (secondary N) is 1. The van der Waals surface area contributed by atoms with Crippen LogP contribution in [0.25, 0.3) is 0 Å². The Hall–Kier alpha value is -2.69. The van der Waals surface area contributed by atoms with E-state index in [1.165, 1.54) is 11.1 Å². The lowest BCUT2D eigenvalue weighted by atomic mass is 9.93. The lowest BCUT2D eigenvalue weighted by molar-refractivity contribution is 0.102. The molecule has 0 unspecified atom stereocenters. The Bertz CT molecular complexity index is 942. The minimum absolute atomic E-state index is 0.0724. The van der Waals surface area contributed by atoms with Crippen molar-refractivity contribution in [3.63, 3.8) is 0 Å². The van der Waals surface area contributed by atoms with Crippen LogP contribution in [0.15, 0.2) is 67.0 Å². The van der Waals surface area contributed by atoms with Gasteiger partial charge in [-0.3, -0.25) is 14.7 Å². The second-order valence-corrected chi connectivity index (χ2v) is 7.16. The first-order valence-electron chi connectivity index (χ1n) is 8.98. The summed E-state index contributed by atoms with van der Waals surface area (Å²) in [6.45, 7) is 2.67. The molecule has 1 N–H and O–H groups in total. The number of benzene rings is 2. The zero-order valence-corrected chi connectivity index (χ0v) is 15.6. The van der Waals surface area contributed by atoms with Crippen LogP contribution in [0.5, 0.6) is 0 Å². The van der Waals surface area contributed by atoms with Crippen LogP contribution in [0.3, 0.4) is 0 Å². The Morgan fingerprint density at radius 3 is 2.63 bits per heavy atom. The van der Waals surface area contributed by atoms with E-state index in [0.29, 0.717) is 5.02 Å². The van der Waals surface area contributed by atoms with Crippen molar-refractivity contribution in [2.24, 2.45) is 0 Å². The molecule has 4 nitrogen and oxygen atoms in total. The number of hydrogen-bond donors (Lipinski definition) is 1. The molecule has 2 aromatic carbocycles. The summed E-state index contributed by atoms with van der Waals surface area (Å²) in [6.07, 6.45) is 4.52. The molecule has 2 heterocycles. The number of carbonyl (C=O) groups is 1. The van der Waals surface area contributed by atoms with E-state index < -0.39 is 0 Å². The smallest absolute Gasteiger partial charge is 0.255 e. The average molecular weight is 378 g/mol. The van der Waals surface area contributed by atoms with Crippen LogP contribution in [0.4, 0.5) is 5.69 Å². The van der Waals surface area contributed by atoms with Gasteiger partial charge in [-0.2, -0.15) is 0 Å². The number of fused-ring (bicyclic) bond motifs is 1. The Labute approximate surface area is 163 Å². The van der Waals surface area contributed by atoms with Gasteiger partial charge in [0.2, 0.25) is 0 Å². The maximum Gasteiger partial charge on any atom is 0.255 e. The minimum Gasteiger partial charge on any atom is -0.322 e. The summed E-state index contributed by atoms with van der Waals surface area (Å²) >= 11 is 5.91. The predicted octanol–water partition coefficient (Wildman–Crippen LogP) is 4.55. The van der Waals surface area contributed by atoms with Crippen molar-refractivity contribution in [3.8, 4) is 0 Å². The summed E-state index contributed by atoms with van der Waals surface area (Å²) in [5.41, 5.74) is 5.13. The van der Waals surface area contributed by atoms with Gasteiger partial charge in [0.15, 0.2) is 0 Å². The standard InChI is InChI=1S/C22H20ClN3O/c23-18-4-6-19(7-5-18)25-22(27)21-3-1-2-17-15-26(13-10-20(17)21)14-16-8-11-24-12-9-16/h1-9,11-12H,10,13-15H2,(H,25,27). The monoisotopic (exact) mass is 377 g/mol. The van der Waals surface area contributed by atoms with E-state index in [4.69, 9.17) is 11.6 Å². The Balaban J connectivity index is 1.50. The molecule has 0 fully saturated rings. The molecule has 27 heavy (non-hydrogen) atoms. The molecule has 3 aromatic rings. The summed E-state index contributed by atoms with van der Waals surface area (Å²) in [5, 5.41) is 3.62. The fourth-order valence-corrected chi connectivity index (χ4v) is 3.62. The summed E-state index contributed by atoms with van der Waals surface area (Å²) < 4.78 is 0. The Kier molecular flexibility index (Phi) is 5.19. The Morgan fingerprint density at radius 1 is 1.07 bits per heavy atom. The number of halogens is 1. The normalized spacial score (nSPS) is 13.8. The first-order chi connectivity index (χ1) is 13.2. The molecule has 0 spiro atoms. The molecular weight excluding hydrogens is 358 g/mol. The highest BCUT2D eigenvalue weighted by Crippen LogP contribution is 2.25. The molecule has 1 amide bonds. The molecule has 1 aliphatic heterocycles. The van der Waals surface area contributed by atoms with Gasteiger partial charge in [0.25, 0.3) is 5.91 Å². The van der Waals surface area contributed by atoms with Gasteiger partial charge in [0.05, 0.1) is 0 Å². The molecule has 1 aliphatic rings. The maximum atomic E-state index is 12.8. The van der Waals surface area contributed by atoms with E-state index in [0.717, 1.165) is 42.9 Å². The largest absolute Gasteiger partial charge is 0.322 e. The first kappa shape index (κ1) is 17.7. The fraction of sp³-hybridized carbons (Fsp3) is 0.182. The third kappa shape index (κ3) is 4.18. The van der Waals surface area contributed by atoms with Crippen molar-refractivity contribution in [3.05, 3.63) is 94.3 Å². The van der Waals surface area contributed by atoms with Crippen molar-refractivity contribution < 1.29 is 4.79 Å². The molecule has 1 aromatic heterocycles. The fourth-order valence-electron chi connectivity index (χ4n) is 3.49. The van der Waals surface area contributed by atoms with Crippen LogP contribution in [0.1, 0.15) is 27.0 Å². The summed E-state index contributed by atoms with van der Waals surface area (Å²) in [7, 11) is 0. The molecule has 0 aliphatic carbocycles.